The Morgan fingerprint density at radius 1 is 1.00 bits per heavy atom. The Labute approximate surface area is 177 Å². The lowest BCUT2D eigenvalue weighted by atomic mass is 10.1. The van der Waals surface area contributed by atoms with E-state index in [0.29, 0.717) is 12.1 Å². The van der Waals surface area contributed by atoms with Crippen LogP contribution < -0.4 is 10.2 Å². The summed E-state index contributed by atoms with van der Waals surface area (Å²) in [6.07, 6.45) is 6.94. The van der Waals surface area contributed by atoms with Crippen LogP contribution in [0.15, 0.2) is 48.7 Å². The number of hydrogen-bond acceptors (Lipinski definition) is 4. The predicted molar refractivity (Wildman–Crippen MR) is 119 cm³/mol. The topological polar surface area (TPSA) is 63.1 Å². The summed E-state index contributed by atoms with van der Waals surface area (Å²) in [5, 5.41) is 7.59. The molecule has 2 aromatic heterocycles. The molecule has 156 valence electrons. The minimum absolute atomic E-state index is 0.108. The van der Waals surface area contributed by atoms with Gasteiger partial charge in [-0.1, -0.05) is 37.1 Å². The molecule has 3 heterocycles. The summed E-state index contributed by atoms with van der Waals surface area (Å²) in [5.74, 6) is 0.923. The molecule has 0 spiro atoms. The van der Waals surface area contributed by atoms with E-state index in [1.165, 1.54) is 25.7 Å². The molecule has 1 aromatic carbocycles. The van der Waals surface area contributed by atoms with E-state index in [2.05, 4.69) is 32.4 Å². The van der Waals surface area contributed by atoms with Crippen molar-refractivity contribution in [3.63, 3.8) is 0 Å². The number of amides is 1. The van der Waals surface area contributed by atoms with Gasteiger partial charge in [0.25, 0.3) is 5.91 Å². The molecule has 0 unspecified atom stereocenters. The molecule has 4 rings (SSSR count). The number of carbonyl (C=O) groups is 1. The van der Waals surface area contributed by atoms with Gasteiger partial charge in [0.1, 0.15) is 5.82 Å². The number of para-hydroxylation sites is 1. The van der Waals surface area contributed by atoms with Crippen molar-refractivity contribution in [2.75, 3.05) is 18.0 Å². The SMILES string of the molecule is Cc1nn(-c2ccccc2)c(C)c1C(=O)NCc1ccc(N2CCCCCC2)nc1. The van der Waals surface area contributed by atoms with Crippen molar-refractivity contribution in [1.29, 1.82) is 0 Å². The van der Waals surface area contributed by atoms with Crippen molar-refractivity contribution in [2.45, 2.75) is 46.1 Å². The van der Waals surface area contributed by atoms with E-state index >= 15 is 0 Å². The van der Waals surface area contributed by atoms with E-state index < -0.39 is 0 Å². The average molecular weight is 404 g/mol. The fraction of sp³-hybridized carbons (Fsp3) is 0.375. The molecule has 0 saturated carbocycles. The van der Waals surface area contributed by atoms with Gasteiger partial charge in [0, 0.05) is 25.8 Å². The van der Waals surface area contributed by atoms with Crippen LogP contribution in [0.4, 0.5) is 5.82 Å². The largest absolute Gasteiger partial charge is 0.357 e. The van der Waals surface area contributed by atoms with E-state index in [9.17, 15) is 4.79 Å². The summed E-state index contributed by atoms with van der Waals surface area (Å²) in [6.45, 7) is 6.40. The highest BCUT2D eigenvalue weighted by Crippen LogP contribution is 2.19. The van der Waals surface area contributed by atoms with Gasteiger partial charge in [0.05, 0.1) is 22.6 Å². The Morgan fingerprint density at radius 3 is 2.40 bits per heavy atom. The molecular weight excluding hydrogens is 374 g/mol. The number of rotatable bonds is 5. The number of anilines is 1. The van der Waals surface area contributed by atoms with Crippen LogP contribution in [0.1, 0.15) is 53.0 Å². The second-order valence-corrected chi connectivity index (χ2v) is 7.90. The van der Waals surface area contributed by atoms with Gasteiger partial charge in [-0.05, 0) is 50.5 Å². The van der Waals surface area contributed by atoms with Crippen LogP contribution >= 0.6 is 0 Å². The molecule has 0 bridgehead atoms. The molecule has 6 heteroatoms. The Hall–Kier alpha value is -3.15. The first kappa shape index (κ1) is 20.1. The number of nitrogens with one attached hydrogen (secondary N) is 1. The Balaban J connectivity index is 1.42. The van der Waals surface area contributed by atoms with Crippen LogP contribution in [0, 0.1) is 13.8 Å². The van der Waals surface area contributed by atoms with Crippen LogP contribution in [0.3, 0.4) is 0 Å². The summed E-state index contributed by atoms with van der Waals surface area (Å²) in [5.41, 5.74) is 4.14. The number of pyridine rings is 1. The van der Waals surface area contributed by atoms with Crippen molar-refractivity contribution < 1.29 is 4.79 Å². The highest BCUT2D eigenvalue weighted by molar-refractivity contribution is 5.96. The number of benzene rings is 1. The van der Waals surface area contributed by atoms with Crippen LogP contribution in [-0.2, 0) is 6.54 Å². The molecule has 1 aliphatic heterocycles. The van der Waals surface area contributed by atoms with Crippen LogP contribution in [0.2, 0.25) is 0 Å². The van der Waals surface area contributed by atoms with Crippen molar-refractivity contribution in [3.8, 4) is 5.69 Å². The minimum Gasteiger partial charge on any atom is -0.357 e. The number of aryl methyl sites for hydroxylation is 1. The van der Waals surface area contributed by atoms with Gasteiger partial charge in [0.2, 0.25) is 0 Å². The summed E-state index contributed by atoms with van der Waals surface area (Å²) in [7, 11) is 0. The zero-order valence-electron chi connectivity index (χ0n) is 17.8. The molecule has 3 aromatic rings. The van der Waals surface area contributed by atoms with Crippen molar-refractivity contribution >= 4 is 11.7 Å². The molecule has 1 aliphatic rings. The van der Waals surface area contributed by atoms with Crippen LogP contribution in [-0.4, -0.2) is 33.8 Å². The summed E-state index contributed by atoms with van der Waals surface area (Å²) >= 11 is 0. The lowest BCUT2D eigenvalue weighted by molar-refractivity contribution is 0.0949. The summed E-state index contributed by atoms with van der Waals surface area (Å²) < 4.78 is 1.82. The Kier molecular flexibility index (Phi) is 6.12. The maximum atomic E-state index is 12.9. The fourth-order valence-electron chi connectivity index (χ4n) is 4.07. The third kappa shape index (κ3) is 4.37. The molecule has 0 aliphatic carbocycles. The Bertz CT molecular complexity index is 986. The monoisotopic (exact) mass is 403 g/mol. The first-order valence-electron chi connectivity index (χ1n) is 10.7. The van der Waals surface area contributed by atoms with E-state index in [0.717, 1.165) is 41.5 Å². The fourth-order valence-corrected chi connectivity index (χ4v) is 4.07. The minimum atomic E-state index is -0.108. The van der Waals surface area contributed by atoms with E-state index in [1.54, 1.807) is 0 Å². The first-order valence-corrected chi connectivity index (χ1v) is 10.7. The smallest absolute Gasteiger partial charge is 0.255 e. The third-order valence-electron chi connectivity index (χ3n) is 5.71. The van der Waals surface area contributed by atoms with E-state index in [1.807, 2.05) is 55.1 Å². The third-order valence-corrected chi connectivity index (χ3v) is 5.71. The van der Waals surface area contributed by atoms with Gasteiger partial charge in [-0.3, -0.25) is 4.79 Å². The lowest BCUT2D eigenvalue weighted by Crippen LogP contribution is -2.26. The average Bonchev–Trinajstić information content (AvgIpc) is 2.94. The summed E-state index contributed by atoms with van der Waals surface area (Å²) in [4.78, 5) is 19.9. The van der Waals surface area contributed by atoms with Gasteiger partial charge >= 0.3 is 0 Å². The zero-order valence-corrected chi connectivity index (χ0v) is 17.8. The van der Waals surface area contributed by atoms with Gasteiger partial charge in [0.15, 0.2) is 0 Å². The maximum absolute atomic E-state index is 12.9. The van der Waals surface area contributed by atoms with Crippen molar-refractivity contribution in [3.05, 3.63) is 71.2 Å². The van der Waals surface area contributed by atoms with Crippen molar-refractivity contribution in [1.82, 2.24) is 20.1 Å². The number of nitrogens with zero attached hydrogens (tertiary/aromatic N) is 4. The highest BCUT2D eigenvalue weighted by Gasteiger charge is 2.19. The van der Waals surface area contributed by atoms with Gasteiger partial charge < -0.3 is 10.2 Å². The molecule has 1 N–H and O–H groups in total. The highest BCUT2D eigenvalue weighted by atomic mass is 16.1. The van der Waals surface area contributed by atoms with E-state index in [-0.39, 0.29) is 5.91 Å². The molecule has 1 fully saturated rings. The lowest BCUT2D eigenvalue weighted by Gasteiger charge is -2.21. The van der Waals surface area contributed by atoms with Crippen LogP contribution in [0.25, 0.3) is 5.69 Å². The molecule has 30 heavy (non-hydrogen) atoms. The van der Waals surface area contributed by atoms with Crippen LogP contribution in [0.5, 0.6) is 0 Å². The Morgan fingerprint density at radius 2 is 1.73 bits per heavy atom. The predicted octanol–water partition coefficient (Wildman–Crippen LogP) is 4.19. The summed E-state index contributed by atoms with van der Waals surface area (Å²) in [6, 6.07) is 14.0. The number of hydrogen-bond donors (Lipinski definition) is 1. The van der Waals surface area contributed by atoms with Gasteiger partial charge in [-0.15, -0.1) is 0 Å². The quantitative estimate of drug-likeness (QED) is 0.694. The molecule has 1 saturated heterocycles. The maximum Gasteiger partial charge on any atom is 0.255 e. The van der Waals surface area contributed by atoms with Gasteiger partial charge in [-0.2, -0.15) is 5.10 Å². The molecule has 0 atom stereocenters. The first-order chi connectivity index (χ1) is 14.6. The van der Waals surface area contributed by atoms with Crippen molar-refractivity contribution in [2.24, 2.45) is 0 Å². The standard InChI is InChI=1S/C24H29N5O/c1-18-23(19(2)29(27-18)21-10-6-5-7-11-21)24(30)26-17-20-12-13-22(25-16-20)28-14-8-3-4-9-15-28/h5-7,10-13,16H,3-4,8-9,14-15,17H2,1-2H3,(H,26,30). The molecule has 1 amide bonds. The molecular formula is C24H29N5O. The zero-order chi connectivity index (χ0) is 20.9. The molecule has 6 nitrogen and oxygen atoms in total. The number of aromatic nitrogens is 3. The second kappa shape index (κ2) is 9.11. The second-order valence-electron chi connectivity index (χ2n) is 7.90. The molecule has 0 radical (unpaired) electrons. The van der Waals surface area contributed by atoms with Gasteiger partial charge in [-0.25, -0.2) is 9.67 Å². The number of carbonyl (C=O) groups excluding carboxylic acids is 1. The normalized spacial score (nSPS) is 14.4. The van der Waals surface area contributed by atoms with E-state index in [4.69, 9.17) is 0 Å².